The van der Waals surface area contributed by atoms with Crippen molar-refractivity contribution in [1.29, 1.82) is 0 Å². The zero-order valence-corrected chi connectivity index (χ0v) is 31.2. The molecule has 14 heteroatoms. The summed E-state index contributed by atoms with van der Waals surface area (Å²) in [5, 5.41) is 18.3. The van der Waals surface area contributed by atoms with Crippen molar-refractivity contribution in [2.24, 2.45) is 11.3 Å². The Morgan fingerprint density at radius 3 is 2.28 bits per heavy atom. The van der Waals surface area contributed by atoms with Crippen LogP contribution in [0.5, 0.6) is 0 Å². The summed E-state index contributed by atoms with van der Waals surface area (Å²) in [6.45, 7) is 16.9. The van der Waals surface area contributed by atoms with Crippen molar-refractivity contribution < 1.29 is 38.6 Å². The van der Waals surface area contributed by atoms with Crippen LogP contribution in [-0.4, -0.2) is 125 Å². The van der Waals surface area contributed by atoms with Crippen LogP contribution in [0.4, 0.5) is 0 Å². The van der Waals surface area contributed by atoms with Gasteiger partial charge in [0.05, 0.1) is 12.1 Å². The fraction of sp³-hybridized carbons (Fsp3) is 0.722. The summed E-state index contributed by atoms with van der Waals surface area (Å²) in [5.41, 5.74) is -0.199. The number of carbonyl (C=O) groups is 6. The molecule has 0 saturated carbocycles. The van der Waals surface area contributed by atoms with Gasteiger partial charge < -0.3 is 25.4 Å². The molecule has 14 nitrogen and oxygen atoms in total. The van der Waals surface area contributed by atoms with Crippen LogP contribution >= 0.6 is 0 Å². The van der Waals surface area contributed by atoms with E-state index in [0.717, 1.165) is 36.4 Å². The quantitative estimate of drug-likeness (QED) is 0.0992. The SMILES string of the molecule is C/C(=C\[C@H](C(C)C)N(C)C(=O)[C@@H](NC1OC1[C@H]1CCCCN1C(C)C)C(C)(C)C)C(=O)N[C@H](CCC(=O)NCCN1C(=O)C=CC1=O)C(=O)O. The third kappa shape index (κ3) is 10.9. The number of hydrogen-bond donors (Lipinski definition) is 4. The topological polar surface area (TPSA) is 181 Å². The first-order chi connectivity index (χ1) is 23.3. The first kappa shape index (κ1) is 40.8. The number of hydrogen-bond acceptors (Lipinski definition) is 9. The lowest BCUT2D eigenvalue weighted by Crippen LogP contribution is -2.56. The van der Waals surface area contributed by atoms with E-state index in [1.807, 2.05) is 34.6 Å². The Hall–Kier alpha value is -3.62. The molecule has 0 bridgehead atoms. The third-order valence-electron chi connectivity index (χ3n) is 9.68. The number of likely N-dealkylation sites (N-methyl/N-ethyl adjacent to an activating group) is 1. The molecule has 0 spiro atoms. The molecule has 0 aromatic rings. The molecular formula is C36H58N6O8. The number of piperidine rings is 1. The molecule has 3 rings (SSSR count). The summed E-state index contributed by atoms with van der Waals surface area (Å²) in [7, 11) is 1.71. The molecule has 4 N–H and O–H groups in total. The molecule has 0 aromatic heterocycles. The van der Waals surface area contributed by atoms with Crippen LogP contribution < -0.4 is 16.0 Å². The standard InChI is InChI=1S/C36H58N6O8/c1-21(2)26(40(9)34(47)31(36(6,7)8)39-33-30(50-33)25-12-10-11-18-41(25)22(3)4)20-23(5)32(46)38-24(35(48)49)13-14-27(43)37-17-19-42-28(44)15-16-29(42)45/h15-16,20-22,24-26,30-31,33,39H,10-14,17-19H2,1-9H3,(H,37,43)(H,38,46)(H,48,49)/b23-20+/t24-,25-,26-,30?,31-,33?/m1/s1. The number of carbonyl (C=O) groups excluding carboxylic acids is 5. The average Bonchev–Trinajstić information content (AvgIpc) is 3.75. The van der Waals surface area contributed by atoms with Gasteiger partial charge in [0.25, 0.3) is 11.8 Å². The number of carboxylic acid groups (broad SMARTS) is 1. The number of likely N-dealkylation sites (tertiary alicyclic amines) is 1. The van der Waals surface area contributed by atoms with Crippen molar-refractivity contribution in [2.45, 2.75) is 130 Å². The minimum atomic E-state index is -1.34. The fourth-order valence-corrected chi connectivity index (χ4v) is 6.67. The molecule has 280 valence electrons. The maximum atomic E-state index is 14.1. The van der Waals surface area contributed by atoms with Gasteiger partial charge >= 0.3 is 5.97 Å². The zero-order valence-electron chi connectivity index (χ0n) is 31.2. The fourth-order valence-electron chi connectivity index (χ4n) is 6.67. The number of ether oxygens (including phenoxy) is 1. The molecule has 2 fully saturated rings. The van der Waals surface area contributed by atoms with Gasteiger partial charge in [0.1, 0.15) is 18.4 Å². The Bertz CT molecular complexity index is 1320. The second kappa shape index (κ2) is 17.5. The number of rotatable bonds is 17. The second-order valence-electron chi connectivity index (χ2n) is 15.3. The molecule has 50 heavy (non-hydrogen) atoms. The molecular weight excluding hydrogens is 644 g/mol. The largest absolute Gasteiger partial charge is 0.480 e. The van der Waals surface area contributed by atoms with Gasteiger partial charge in [0.2, 0.25) is 17.7 Å². The van der Waals surface area contributed by atoms with E-state index in [4.69, 9.17) is 4.74 Å². The van der Waals surface area contributed by atoms with Crippen molar-refractivity contribution in [3.63, 3.8) is 0 Å². The zero-order chi connectivity index (χ0) is 37.5. The van der Waals surface area contributed by atoms with E-state index >= 15 is 0 Å². The van der Waals surface area contributed by atoms with E-state index in [1.165, 1.54) is 6.42 Å². The van der Waals surface area contributed by atoms with Gasteiger partial charge in [0, 0.05) is 56.4 Å². The lowest BCUT2D eigenvalue weighted by atomic mass is 9.85. The molecule has 3 aliphatic heterocycles. The van der Waals surface area contributed by atoms with Crippen LogP contribution in [0.1, 0.15) is 87.5 Å². The normalized spacial score (nSPS) is 23.2. The number of epoxide rings is 1. The van der Waals surface area contributed by atoms with Crippen LogP contribution in [0.2, 0.25) is 0 Å². The summed E-state index contributed by atoms with van der Waals surface area (Å²) < 4.78 is 6.15. The predicted octanol–water partition coefficient (Wildman–Crippen LogP) is 1.80. The van der Waals surface area contributed by atoms with Crippen molar-refractivity contribution in [1.82, 2.24) is 30.7 Å². The summed E-state index contributed by atoms with van der Waals surface area (Å²) in [4.78, 5) is 80.0. The number of amides is 5. The van der Waals surface area contributed by atoms with E-state index in [-0.39, 0.29) is 55.7 Å². The van der Waals surface area contributed by atoms with Crippen LogP contribution in [0.25, 0.3) is 0 Å². The van der Waals surface area contributed by atoms with Crippen LogP contribution in [0.3, 0.4) is 0 Å². The Morgan fingerprint density at radius 2 is 1.72 bits per heavy atom. The van der Waals surface area contributed by atoms with Gasteiger partial charge in [0.15, 0.2) is 0 Å². The maximum Gasteiger partial charge on any atom is 0.326 e. The molecule has 0 aromatic carbocycles. The summed E-state index contributed by atoms with van der Waals surface area (Å²) >= 11 is 0. The van der Waals surface area contributed by atoms with Crippen molar-refractivity contribution in [3.05, 3.63) is 23.8 Å². The van der Waals surface area contributed by atoms with E-state index in [9.17, 15) is 33.9 Å². The summed E-state index contributed by atoms with van der Waals surface area (Å²) in [6, 6.07) is -1.64. The highest BCUT2D eigenvalue weighted by molar-refractivity contribution is 6.12. The first-order valence-corrected chi connectivity index (χ1v) is 17.8. The van der Waals surface area contributed by atoms with E-state index in [2.05, 4.69) is 34.7 Å². The van der Waals surface area contributed by atoms with Gasteiger partial charge in [-0.1, -0.05) is 47.1 Å². The first-order valence-electron chi connectivity index (χ1n) is 17.8. The molecule has 5 amide bonds. The van der Waals surface area contributed by atoms with E-state index in [1.54, 1.807) is 24.9 Å². The van der Waals surface area contributed by atoms with E-state index < -0.39 is 53.1 Å². The highest BCUT2D eigenvalue weighted by atomic mass is 16.6. The van der Waals surface area contributed by atoms with E-state index in [0.29, 0.717) is 12.1 Å². The van der Waals surface area contributed by atoms with Crippen molar-refractivity contribution in [3.8, 4) is 0 Å². The van der Waals surface area contributed by atoms with Gasteiger partial charge in [-0.3, -0.25) is 39.1 Å². The number of aliphatic carboxylic acids is 1. The number of carboxylic acids is 1. The molecule has 3 aliphatic rings. The molecule has 0 aliphatic carbocycles. The lowest BCUT2D eigenvalue weighted by Gasteiger charge is -2.39. The number of imide groups is 1. The monoisotopic (exact) mass is 702 g/mol. The highest BCUT2D eigenvalue weighted by Gasteiger charge is 2.51. The number of nitrogens with one attached hydrogen (secondary N) is 3. The highest BCUT2D eigenvalue weighted by Crippen LogP contribution is 2.35. The lowest BCUT2D eigenvalue weighted by molar-refractivity contribution is -0.142. The molecule has 2 unspecified atom stereocenters. The van der Waals surface area contributed by atoms with Crippen LogP contribution in [0.15, 0.2) is 23.8 Å². The smallest absolute Gasteiger partial charge is 0.326 e. The minimum absolute atomic E-state index is 0.00754. The van der Waals surface area contributed by atoms with Gasteiger partial charge in [-0.25, -0.2) is 4.79 Å². The van der Waals surface area contributed by atoms with Crippen LogP contribution in [0, 0.1) is 11.3 Å². The number of nitrogens with zero attached hydrogens (tertiary/aromatic N) is 3. The molecule has 2 saturated heterocycles. The average molecular weight is 703 g/mol. The van der Waals surface area contributed by atoms with Gasteiger partial charge in [-0.15, -0.1) is 0 Å². The predicted molar refractivity (Wildman–Crippen MR) is 187 cm³/mol. The molecule has 6 atom stereocenters. The molecule has 0 radical (unpaired) electrons. The molecule has 3 heterocycles. The van der Waals surface area contributed by atoms with Crippen LogP contribution in [-0.2, 0) is 33.5 Å². The Balaban J connectivity index is 1.60. The third-order valence-corrected chi connectivity index (χ3v) is 9.68. The maximum absolute atomic E-state index is 14.1. The second-order valence-corrected chi connectivity index (χ2v) is 15.3. The van der Waals surface area contributed by atoms with Crippen molar-refractivity contribution >= 4 is 35.5 Å². The van der Waals surface area contributed by atoms with Crippen molar-refractivity contribution in [2.75, 3.05) is 26.7 Å². The Labute approximate surface area is 296 Å². The summed E-state index contributed by atoms with van der Waals surface area (Å²) in [6.07, 6.45) is 6.80. The Morgan fingerprint density at radius 1 is 1.08 bits per heavy atom. The van der Waals surface area contributed by atoms with Gasteiger partial charge in [-0.2, -0.15) is 0 Å². The summed E-state index contributed by atoms with van der Waals surface area (Å²) in [5.74, 6) is -3.53. The van der Waals surface area contributed by atoms with Gasteiger partial charge in [-0.05, 0) is 57.9 Å². The minimum Gasteiger partial charge on any atom is -0.480 e. The Kier molecular flexibility index (Phi) is 14.3.